The summed E-state index contributed by atoms with van der Waals surface area (Å²) in [4.78, 5) is 34.5. The number of hydrogen-bond donors (Lipinski definition) is 1. The Morgan fingerprint density at radius 1 is 1.06 bits per heavy atom. The Morgan fingerprint density at radius 3 is 2.66 bits per heavy atom. The molecule has 182 valence electrons. The van der Waals surface area contributed by atoms with Gasteiger partial charge in [-0.15, -0.1) is 0 Å². The molecule has 2 fully saturated rings. The van der Waals surface area contributed by atoms with Gasteiger partial charge in [-0.1, -0.05) is 55.7 Å². The van der Waals surface area contributed by atoms with Crippen molar-refractivity contribution in [3.05, 3.63) is 72.2 Å². The van der Waals surface area contributed by atoms with Crippen molar-refractivity contribution in [3.63, 3.8) is 0 Å². The molecular formula is C27H31N5O3. The molecule has 1 aliphatic heterocycles. The van der Waals surface area contributed by atoms with Gasteiger partial charge in [0.05, 0.1) is 18.4 Å². The third-order valence-electron chi connectivity index (χ3n) is 6.86. The number of pyridine rings is 1. The molecule has 1 saturated heterocycles. The van der Waals surface area contributed by atoms with Gasteiger partial charge in [0.25, 0.3) is 5.91 Å². The van der Waals surface area contributed by atoms with Crippen molar-refractivity contribution in [3.8, 4) is 11.3 Å². The number of rotatable bonds is 6. The summed E-state index contributed by atoms with van der Waals surface area (Å²) in [6.07, 6.45) is 8.72. The smallest absolute Gasteiger partial charge is 0.272 e. The summed E-state index contributed by atoms with van der Waals surface area (Å²) >= 11 is 0. The topological polar surface area (TPSA) is 91.4 Å². The molecule has 35 heavy (non-hydrogen) atoms. The molecule has 0 spiro atoms. The number of H-pyrrole nitrogens is 1. The first-order valence-electron chi connectivity index (χ1n) is 12.4. The highest BCUT2D eigenvalue weighted by Gasteiger charge is 2.35. The summed E-state index contributed by atoms with van der Waals surface area (Å²) < 4.78 is 6.26. The number of carbonyl (C=O) groups is 2. The molecule has 0 radical (unpaired) electrons. The van der Waals surface area contributed by atoms with Gasteiger partial charge in [-0.05, 0) is 30.5 Å². The van der Waals surface area contributed by atoms with Gasteiger partial charge in [-0.3, -0.25) is 19.7 Å². The van der Waals surface area contributed by atoms with E-state index in [1.165, 1.54) is 6.42 Å². The first kappa shape index (κ1) is 23.2. The summed E-state index contributed by atoms with van der Waals surface area (Å²) in [6.45, 7) is 1.26. The predicted molar refractivity (Wildman–Crippen MR) is 131 cm³/mol. The second kappa shape index (κ2) is 10.8. The summed E-state index contributed by atoms with van der Waals surface area (Å²) in [5.41, 5.74) is 2.96. The quantitative estimate of drug-likeness (QED) is 0.590. The molecule has 1 aromatic carbocycles. The van der Waals surface area contributed by atoms with E-state index in [0.29, 0.717) is 31.1 Å². The van der Waals surface area contributed by atoms with E-state index in [1.54, 1.807) is 23.4 Å². The molecule has 0 bridgehead atoms. The van der Waals surface area contributed by atoms with E-state index in [-0.39, 0.29) is 30.5 Å². The van der Waals surface area contributed by atoms with Crippen molar-refractivity contribution in [1.82, 2.24) is 25.0 Å². The summed E-state index contributed by atoms with van der Waals surface area (Å²) in [7, 11) is 0. The fourth-order valence-corrected chi connectivity index (χ4v) is 5.00. The molecule has 5 rings (SSSR count). The molecule has 8 nitrogen and oxygen atoms in total. The van der Waals surface area contributed by atoms with Crippen molar-refractivity contribution in [1.29, 1.82) is 0 Å². The van der Waals surface area contributed by atoms with Crippen molar-refractivity contribution in [2.45, 2.75) is 50.9 Å². The van der Waals surface area contributed by atoms with E-state index < -0.39 is 0 Å². The van der Waals surface area contributed by atoms with Gasteiger partial charge in [0.1, 0.15) is 12.2 Å². The van der Waals surface area contributed by atoms with Crippen LogP contribution in [0, 0.1) is 0 Å². The molecular weight excluding hydrogens is 442 g/mol. The van der Waals surface area contributed by atoms with Crippen LogP contribution >= 0.6 is 0 Å². The minimum absolute atomic E-state index is 0.0134. The van der Waals surface area contributed by atoms with Crippen LogP contribution in [0.2, 0.25) is 0 Å². The molecule has 1 saturated carbocycles. The minimum atomic E-state index is -0.288. The van der Waals surface area contributed by atoms with Gasteiger partial charge in [0.15, 0.2) is 0 Å². The van der Waals surface area contributed by atoms with Crippen molar-refractivity contribution >= 4 is 11.8 Å². The van der Waals surface area contributed by atoms with Crippen LogP contribution in [0.15, 0.2) is 60.9 Å². The van der Waals surface area contributed by atoms with Crippen LogP contribution in [0.4, 0.5) is 0 Å². The molecule has 1 atom stereocenters. The highest BCUT2D eigenvalue weighted by molar-refractivity contribution is 5.96. The first-order chi connectivity index (χ1) is 17.2. The summed E-state index contributed by atoms with van der Waals surface area (Å²) in [6, 6.07) is 15.5. The summed E-state index contributed by atoms with van der Waals surface area (Å²) in [5, 5.41) is 7.19. The number of nitrogens with one attached hydrogen (secondary N) is 1. The molecule has 2 aliphatic rings. The number of benzene rings is 1. The van der Waals surface area contributed by atoms with Crippen LogP contribution in [0.3, 0.4) is 0 Å². The number of ether oxygens (including phenoxy) is 1. The SMILES string of the molecule is O=C(c1cc(-c2ccccc2)n[nH]1)N1CC(=O)N(C2CCCCC2)C[C@@H](OCc2cccnc2)C1. The third kappa shape index (κ3) is 5.59. The normalized spacial score (nSPS) is 19.5. The Kier molecular flexibility index (Phi) is 7.18. The van der Waals surface area contributed by atoms with Gasteiger partial charge in [0, 0.05) is 37.1 Å². The third-order valence-corrected chi connectivity index (χ3v) is 6.86. The van der Waals surface area contributed by atoms with Crippen LogP contribution in [-0.2, 0) is 16.1 Å². The maximum Gasteiger partial charge on any atom is 0.272 e. The Bertz CT molecular complexity index is 1130. The summed E-state index contributed by atoms with van der Waals surface area (Å²) in [5.74, 6) is -0.256. The van der Waals surface area contributed by atoms with Crippen molar-refractivity contribution < 1.29 is 14.3 Å². The fourth-order valence-electron chi connectivity index (χ4n) is 5.00. The van der Waals surface area contributed by atoms with E-state index in [0.717, 1.165) is 36.8 Å². The largest absolute Gasteiger partial charge is 0.370 e. The van der Waals surface area contributed by atoms with Crippen LogP contribution in [-0.4, -0.2) is 68.6 Å². The molecule has 1 N–H and O–H groups in total. The number of carbonyl (C=O) groups excluding carboxylic acids is 2. The Labute approximate surface area is 205 Å². The fraction of sp³-hybridized carbons (Fsp3) is 0.407. The number of amides is 2. The Hall–Kier alpha value is -3.52. The maximum absolute atomic E-state index is 13.5. The molecule has 0 unspecified atom stereocenters. The first-order valence-corrected chi connectivity index (χ1v) is 12.4. The van der Waals surface area contributed by atoms with Crippen LogP contribution < -0.4 is 0 Å². The highest BCUT2D eigenvalue weighted by Crippen LogP contribution is 2.25. The van der Waals surface area contributed by atoms with Crippen LogP contribution in [0.25, 0.3) is 11.3 Å². The molecule has 8 heteroatoms. The van der Waals surface area contributed by atoms with Gasteiger partial charge in [-0.25, -0.2) is 0 Å². The average Bonchev–Trinajstić information content (AvgIpc) is 3.34. The van der Waals surface area contributed by atoms with Crippen molar-refractivity contribution in [2.24, 2.45) is 0 Å². The second-order valence-electron chi connectivity index (χ2n) is 9.35. The zero-order valence-electron chi connectivity index (χ0n) is 19.8. The van der Waals surface area contributed by atoms with E-state index in [4.69, 9.17) is 4.74 Å². The van der Waals surface area contributed by atoms with E-state index >= 15 is 0 Å². The molecule has 2 aromatic heterocycles. The van der Waals surface area contributed by atoms with Crippen molar-refractivity contribution in [2.75, 3.05) is 19.6 Å². The molecule has 3 aromatic rings. The van der Waals surface area contributed by atoms with Gasteiger partial charge >= 0.3 is 0 Å². The zero-order valence-corrected chi connectivity index (χ0v) is 19.8. The standard InChI is InChI=1S/C27H31N5O3/c33-26-18-31(27(34)25-14-24(29-30-25)21-9-3-1-4-10-21)16-23(35-19-20-8-7-13-28-15-20)17-32(26)22-11-5-2-6-12-22/h1,3-4,7-10,13-15,22-23H,2,5-6,11-12,16-19H2,(H,29,30)/t23-/m0/s1. The lowest BCUT2D eigenvalue weighted by Crippen LogP contribution is -2.46. The molecule has 2 amide bonds. The van der Waals surface area contributed by atoms with Gasteiger partial charge in [-0.2, -0.15) is 5.10 Å². The number of nitrogens with zero attached hydrogens (tertiary/aromatic N) is 4. The maximum atomic E-state index is 13.5. The van der Waals surface area contributed by atoms with Gasteiger partial charge in [0.2, 0.25) is 5.91 Å². The highest BCUT2D eigenvalue weighted by atomic mass is 16.5. The Morgan fingerprint density at radius 2 is 1.89 bits per heavy atom. The monoisotopic (exact) mass is 473 g/mol. The molecule has 1 aliphatic carbocycles. The average molecular weight is 474 g/mol. The Balaban J connectivity index is 1.35. The lowest BCUT2D eigenvalue weighted by molar-refractivity contribution is -0.134. The number of hydrogen-bond acceptors (Lipinski definition) is 5. The number of aromatic amines is 1. The molecule has 3 heterocycles. The van der Waals surface area contributed by atoms with Crippen LogP contribution in [0.1, 0.15) is 48.2 Å². The zero-order chi connectivity index (χ0) is 24.0. The lowest BCUT2D eigenvalue weighted by atomic mass is 9.94. The number of aromatic nitrogens is 3. The van der Waals surface area contributed by atoms with E-state index in [2.05, 4.69) is 15.2 Å². The minimum Gasteiger partial charge on any atom is -0.370 e. The lowest BCUT2D eigenvalue weighted by Gasteiger charge is -2.34. The van der Waals surface area contributed by atoms with E-state index in [1.807, 2.05) is 47.4 Å². The van der Waals surface area contributed by atoms with Crippen LogP contribution in [0.5, 0.6) is 0 Å². The van der Waals surface area contributed by atoms with Gasteiger partial charge < -0.3 is 14.5 Å². The van der Waals surface area contributed by atoms with E-state index in [9.17, 15) is 9.59 Å². The predicted octanol–water partition coefficient (Wildman–Crippen LogP) is 3.67. The second-order valence-corrected chi connectivity index (χ2v) is 9.35.